The quantitative estimate of drug-likeness (QED) is 0.480. The second-order valence-electron chi connectivity index (χ2n) is 1.48. The van der Waals surface area contributed by atoms with Crippen molar-refractivity contribution in [2.75, 3.05) is 0 Å². The van der Waals surface area contributed by atoms with Crippen LogP contribution in [0.3, 0.4) is 0 Å². The minimum Gasteiger partial charge on any atom is -0.481 e. The van der Waals surface area contributed by atoms with Crippen LogP contribution >= 0.6 is 0 Å². The number of hydrogen-bond acceptors (Lipinski definition) is 3. The van der Waals surface area contributed by atoms with Gasteiger partial charge in [-0.05, 0) is 0 Å². The average molecular weight is 164 g/mol. The molecule has 6 heteroatoms. The Bertz CT molecular complexity index is 144. The van der Waals surface area contributed by atoms with Crippen molar-refractivity contribution in [2.24, 2.45) is 0 Å². The van der Waals surface area contributed by atoms with E-state index in [-0.39, 0.29) is 0 Å². The van der Waals surface area contributed by atoms with Gasteiger partial charge in [-0.2, -0.15) is 0 Å². The molecule has 64 valence electrons. The molecular formula is C5H8O6. The molecule has 0 aromatic heterocycles. The van der Waals surface area contributed by atoms with Crippen molar-refractivity contribution in [1.29, 1.82) is 0 Å². The highest BCUT2D eigenvalue weighted by molar-refractivity contribution is 5.88. The molecule has 0 rings (SSSR count). The Morgan fingerprint density at radius 1 is 1.00 bits per heavy atom. The highest BCUT2D eigenvalue weighted by atomic mass is 16.4. The van der Waals surface area contributed by atoms with Gasteiger partial charge in [0.05, 0.1) is 0 Å². The van der Waals surface area contributed by atoms with E-state index >= 15 is 0 Å². The fourth-order valence-corrected chi connectivity index (χ4v) is 0.129. The molecule has 6 nitrogen and oxygen atoms in total. The third-order valence-corrected chi connectivity index (χ3v) is 0.302. The second-order valence-corrected chi connectivity index (χ2v) is 1.48. The van der Waals surface area contributed by atoms with Gasteiger partial charge in [0.2, 0.25) is 0 Å². The number of carboxylic acids is 3. The summed E-state index contributed by atoms with van der Waals surface area (Å²) in [5.74, 6) is -3.46. The van der Waals surface area contributed by atoms with Gasteiger partial charge in [0.1, 0.15) is 6.42 Å². The van der Waals surface area contributed by atoms with Crippen molar-refractivity contribution >= 4 is 17.9 Å². The first-order valence-corrected chi connectivity index (χ1v) is 2.49. The van der Waals surface area contributed by atoms with Gasteiger partial charge in [0, 0.05) is 6.92 Å². The largest absolute Gasteiger partial charge is 0.481 e. The Morgan fingerprint density at radius 3 is 1.18 bits per heavy atom. The van der Waals surface area contributed by atoms with Crippen LogP contribution in [0.25, 0.3) is 0 Å². The molecule has 0 aliphatic carbocycles. The summed E-state index contributed by atoms with van der Waals surface area (Å²) in [5.41, 5.74) is 0. The zero-order chi connectivity index (χ0) is 9.44. The van der Waals surface area contributed by atoms with E-state index in [0.717, 1.165) is 6.92 Å². The minimum absolute atomic E-state index is 0.806. The fraction of sp³-hybridized carbons (Fsp3) is 0.400. The van der Waals surface area contributed by atoms with E-state index in [1.54, 1.807) is 0 Å². The number of carbonyl (C=O) groups is 3. The summed E-state index contributed by atoms with van der Waals surface area (Å²) in [6.45, 7) is 1.08. The van der Waals surface area contributed by atoms with Crippen LogP contribution in [0.1, 0.15) is 13.3 Å². The zero-order valence-electron chi connectivity index (χ0n) is 5.77. The van der Waals surface area contributed by atoms with Gasteiger partial charge in [-0.15, -0.1) is 0 Å². The lowest BCUT2D eigenvalue weighted by Gasteiger charge is -1.80. The zero-order valence-corrected chi connectivity index (χ0v) is 5.77. The highest BCUT2D eigenvalue weighted by Gasteiger charge is 2.01. The van der Waals surface area contributed by atoms with Gasteiger partial charge in [-0.25, -0.2) is 0 Å². The van der Waals surface area contributed by atoms with Crippen molar-refractivity contribution in [3.63, 3.8) is 0 Å². The maximum atomic E-state index is 9.43. The predicted octanol–water partition coefficient (Wildman–Crippen LogP) is -0.363. The molecule has 0 fully saturated rings. The molecule has 0 spiro atoms. The first-order valence-electron chi connectivity index (χ1n) is 2.49. The van der Waals surface area contributed by atoms with E-state index < -0.39 is 24.3 Å². The van der Waals surface area contributed by atoms with E-state index in [1.165, 1.54) is 0 Å². The standard InChI is InChI=1S/C3H4O4.C2H4O2/c4-2(5)1-3(6)7;1-2(3)4/h1H2,(H,4,5)(H,6,7);1H3,(H,3,4). The third-order valence-electron chi connectivity index (χ3n) is 0.302. The summed E-state index contributed by atoms with van der Waals surface area (Å²) in [5, 5.41) is 22.8. The Labute approximate surface area is 62.1 Å². The van der Waals surface area contributed by atoms with E-state index in [0.29, 0.717) is 0 Å². The van der Waals surface area contributed by atoms with Gasteiger partial charge in [0.15, 0.2) is 0 Å². The summed E-state index contributed by atoms with van der Waals surface area (Å²) >= 11 is 0. The molecule has 11 heavy (non-hydrogen) atoms. The van der Waals surface area contributed by atoms with Gasteiger partial charge in [-0.1, -0.05) is 0 Å². The van der Waals surface area contributed by atoms with E-state index in [4.69, 9.17) is 20.1 Å². The molecule has 0 aromatic carbocycles. The van der Waals surface area contributed by atoms with Crippen LogP contribution in [-0.4, -0.2) is 33.2 Å². The fourth-order valence-electron chi connectivity index (χ4n) is 0.129. The molecule has 0 saturated carbocycles. The van der Waals surface area contributed by atoms with Gasteiger partial charge in [-0.3, -0.25) is 14.4 Å². The van der Waals surface area contributed by atoms with Crippen molar-refractivity contribution in [3.8, 4) is 0 Å². The SMILES string of the molecule is CC(=O)O.O=C(O)CC(=O)O. The van der Waals surface area contributed by atoms with Crippen LogP contribution in [0, 0.1) is 0 Å². The summed E-state index contributed by atoms with van der Waals surface area (Å²) in [6, 6.07) is 0. The molecule has 0 bridgehead atoms. The van der Waals surface area contributed by atoms with Gasteiger partial charge in [0.25, 0.3) is 5.97 Å². The summed E-state index contributed by atoms with van der Waals surface area (Å²) in [4.78, 5) is 27.9. The molecule has 0 atom stereocenters. The first-order chi connectivity index (χ1) is 4.86. The minimum atomic E-state index is -1.31. The Kier molecular flexibility index (Phi) is 7.19. The molecule has 0 heterocycles. The van der Waals surface area contributed by atoms with E-state index in [9.17, 15) is 9.59 Å². The Morgan fingerprint density at radius 2 is 1.18 bits per heavy atom. The number of rotatable bonds is 2. The van der Waals surface area contributed by atoms with Crippen LogP contribution in [0.15, 0.2) is 0 Å². The van der Waals surface area contributed by atoms with E-state index in [1.807, 2.05) is 0 Å². The molecule has 0 saturated heterocycles. The van der Waals surface area contributed by atoms with Crippen LogP contribution in [0.2, 0.25) is 0 Å². The Hall–Kier alpha value is -1.59. The first kappa shape index (κ1) is 12.1. The van der Waals surface area contributed by atoms with Crippen LogP contribution < -0.4 is 0 Å². The lowest BCUT2D eigenvalue weighted by Crippen LogP contribution is -2.03. The van der Waals surface area contributed by atoms with Crippen molar-refractivity contribution in [1.82, 2.24) is 0 Å². The molecule has 0 aliphatic heterocycles. The number of aliphatic carboxylic acids is 3. The number of hydrogen-bond donors (Lipinski definition) is 3. The molecule has 0 aromatic rings. The number of carboxylic acid groups (broad SMARTS) is 3. The molecular weight excluding hydrogens is 156 g/mol. The average Bonchev–Trinajstić information content (AvgIpc) is 1.56. The topological polar surface area (TPSA) is 112 Å². The monoisotopic (exact) mass is 164 g/mol. The molecule has 0 unspecified atom stereocenters. The Balaban J connectivity index is 0. The predicted molar refractivity (Wildman–Crippen MR) is 33.2 cm³/mol. The van der Waals surface area contributed by atoms with Crippen LogP contribution in [0.5, 0.6) is 0 Å². The van der Waals surface area contributed by atoms with Crippen LogP contribution in [0.4, 0.5) is 0 Å². The molecule has 3 N–H and O–H groups in total. The van der Waals surface area contributed by atoms with Gasteiger partial charge >= 0.3 is 11.9 Å². The smallest absolute Gasteiger partial charge is 0.314 e. The summed E-state index contributed by atoms with van der Waals surface area (Å²) in [6.07, 6.45) is -0.806. The molecule has 0 amide bonds. The maximum Gasteiger partial charge on any atom is 0.314 e. The lowest BCUT2D eigenvalue weighted by molar-refractivity contribution is -0.147. The molecule has 0 aliphatic rings. The highest BCUT2D eigenvalue weighted by Crippen LogP contribution is 1.74. The van der Waals surface area contributed by atoms with Crippen molar-refractivity contribution < 1.29 is 29.7 Å². The summed E-state index contributed by atoms with van der Waals surface area (Å²) < 4.78 is 0. The summed E-state index contributed by atoms with van der Waals surface area (Å²) in [7, 11) is 0. The lowest BCUT2D eigenvalue weighted by atomic mass is 10.5. The third kappa shape index (κ3) is 59.5. The normalized spacial score (nSPS) is 7.36. The van der Waals surface area contributed by atoms with Crippen molar-refractivity contribution in [2.45, 2.75) is 13.3 Å². The van der Waals surface area contributed by atoms with Crippen LogP contribution in [-0.2, 0) is 14.4 Å². The molecule has 0 radical (unpaired) electrons. The van der Waals surface area contributed by atoms with Gasteiger partial charge < -0.3 is 15.3 Å². The maximum absolute atomic E-state index is 9.43. The van der Waals surface area contributed by atoms with E-state index in [2.05, 4.69) is 0 Å². The second kappa shape index (κ2) is 6.53. The van der Waals surface area contributed by atoms with Crippen molar-refractivity contribution in [3.05, 3.63) is 0 Å².